The second kappa shape index (κ2) is 7.49. The summed E-state index contributed by atoms with van der Waals surface area (Å²) in [5.41, 5.74) is 8.85. The van der Waals surface area contributed by atoms with E-state index in [1.165, 1.54) is 6.07 Å². The molecule has 5 nitrogen and oxygen atoms in total. The molecule has 2 heterocycles. The smallest absolute Gasteiger partial charge is 0.248 e. The van der Waals surface area contributed by atoms with Gasteiger partial charge in [0.05, 0.1) is 24.1 Å². The van der Waals surface area contributed by atoms with E-state index in [1.54, 1.807) is 28.9 Å². The second-order valence-electron chi connectivity index (χ2n) is 6.80. The molecule has 0 unspecified atom stereocenters. The van der Waals surface area contributed by atoms with E-state index in [0.717, 1.165) is 23.4 Å². The maximum atomic E-state index is 13.7. The SMILES string of the molecule is C[C@H]1Cc2c(c(C#Cc3cccc(C(N)=O)c3)nn2-c2ccc(F)c(F)c2)CO1. The first-order chi connectivity index (χ1) is 13.9. The summed E-state index contributed by atoms with van der Waals surface area (Å²) in [4.78, 5) is 11.3. The molecule has 0 fully saturated rings. The third-order valence-corrected chi connectivity index (χ3v) is 4.70. The lowest BCUT2D eigenvalue weighted by Crippen LogP contribution is -2.21. The normalized spacial score (nSPS) is 15.3. The van der Waals surface area contributed by atoms with Crippen LogP contribution in [0.3, 0.4) is 0 Å². The number of ether oxygens (including phenoxy) is 1. The van der Waals surface area contributed by atoms with Crippen molar-refractivity contribution in [2.24, 2.45) is 5.73 Å². The summed E-state index contributed by atoms with van der Waals surface area (Å²) in [6.07, 6.45) is 0.538. The average Bonchev–Trinajstić information content (AvgIpc) is 3.06. The van der Waals surface area contributed by atoms with E-state index in [1.807, 2.05) is 6.92 Å². The van der Waals surface area contributed by atoms with Crippen LogP contribution in [0.2, 0.25) is 0 Å². The Hall–Kier alpha value is -3.50. The molecule has 1 atom stereocenters. The van der Waals surface area contributed by atoms with Crippen LogP contribution in [-0.4, -0.2) is 21.8 Å². The predicted molar refractivity (Wildman–Crippen MR) is 102 cm³/mol. The monoisotopic (exact) mass is 393 g/mol. The summed E-state index contributed by atoms with van der Waals surface area (Å²) in [7, 11) is 0. The predicted octanol–water partition coefficient (Wildman–Crippen LogP) is 3.11. The summed E-state index contributed by atoms with van der Waals surface area (Å²) in [6, 6.07) is 10.3. The van der Waals surface area contributed by atoms with Crippen LogP contribution in [0.5, 0.6) is 0 Å². The molecule has 7 heteroatoms. The lowest BCUT2D eigenvalue weighted by molar-refractivity contribution is 0.0397. The van der Waals surface area contributed by atoms with Crippen molar-refractivity contribution >= 4 is 5.91 Å². The fourth-order valence-corrected chi connectivity index (χ4v) is 3.22. The molecule has 2 aromatic carbocycles. The zero-order valence-electron chi connectivity index (χ0n) is 15.6. The van der Waals surface area contributed by atoms with Gasteiger partial charge in [0.25, 0.3) is 0 Å². The molecule has 4 rings (SSSR count). The summed E-state index contributed by atoms with van der Waals surface area (Å²) < 4.78 is 34.4. The van der Waals surface area contributed by atoms with E-state index in [-0.39, 0.29) is 6.10 Å². The standard InChI is InChI=1S/C22H17F2N3O2/c1-13-9-21-17(12-29-13)20(8-5-14-3-2-4-15(10-14)22(25)28)26-27(21)16-6-7-18(23)19(24)11-16/h2-4,6-7,10-11,13H,9,12H2,1H3,(H2,25,28)/t13-/m0/s1. The molecule has 0 bridgehead atoms. The quantitative estimate of drug-likeness (QED) is 0.680. The molecular formula is C22H17F2N3O2. The Labute approximate surface area is 166 Å². The van der Waals surface area contributed by atoms with Crippen LogP contribution < -0.4 is 5.73 Å². The van der Waals surface area contributed by atoms with Gasteiger partial charge in [0.15, 0.2) is 11.6 Å². The zero-order valence-corrected chi connectivity index (χ0v) is 15.6. The molecular weight excluding hydrogens is 376 g/mol. The number of amides is 1. The molecule has 1 aliphatic rings. The number of nitrogens with zero attached hydrogens (tertiary/aromatic N) is 2. The number of hydrogen-bond acceptors (Lipinski definition) is 3. The van der Waals surface area contributed by atoms with E-state index in [0.29, 0.717) is 35.5 Å². The molecule has 146 valence electrons. The van der Waals surface area contributed by atoms with Gasteiger partial charge >= 0.3 is 0 Å². The van der Waals surface area contributed by atoms with Crippen LogP contribution in [-0.2, 0) is 17.8 Å². The minimum Gasteiger partial charge on any atom is -0.373 e. The molecule has 0 spiro atoms. The van der Waals surface area contributed by atoms with E-state index >= 15 is 0 Å². The molecule has 0 saturated heterocycles. The van der Waals surface area contributed by atoms with Gasteiger partial charge in [-0.2, -0.15) is 5.10 Å². The lowest BCUT2D eigenvalue weighted by atomic mass is 10.0. The van der Waals surface area contributed by atoms with Gasteiger partial charge in [-0.1, -0.05) is 12.0 Å². The first kappa shape index (κ1) is 18.8. The summed E-state index contributed by atoms with van der Waals surface area (Å²) >= 11 is 0. The Morgan fingerprint density at radius 2 is 2.03 bits per heavy atom. The Bertz CT molecular complexity index is 1170. The summed E-state index contributed by atoms with van der Waals surface area (Å²) in [5, 5.41) is 4.52. The second-order valence-corrected chi connectivity index (χ2v) is 6.80. The summed E-state index contributed by atoms with van der Waals surface area (Å²) in [6.45, 7) is 2.26. The van der Waals surface area contributed by atoms with Crippen LogP contribution in [0.25, 0.3) is 5.69 Å². The summed E-state index contributed by atoms with van der Waals surface area (Å²) in [5.74, 6) is 3.59. The maximum Gasteiger partial charge on any atom is 0.248 e. The van der Waals surface area contributed by atoms with Crippen molar-refractivity contribution in [2.75, 3.05) is 0 Å². The molecule has 0 radical (unpaired) electrons. The maximum absolute atomic E-state index is 13.7. The fourth-order valence-electron chi connectivity index (χ4n) is 3.22. The highest BCUT2D eigenvalue weighted by molar-refractivity contribution is 5.93. The Morgan fingerprint density at radius 3 is 2.79 bits per heavy atom. The third kappa shape index (κ3) is 3.75. The van der Waals surface area contributed by atoms with Crippen molar-refractivity contribution in [3.05, 3.63) is 82.2 Å². The Balaban J connectivity index is 1.78. The van der Waals surface area contributed by atoms with Crippen molar-refractivity contribution in [3.63, 3.8) is 0 Å². The highest BCUT2D eigenvalue weighted by Gasteiger charge is 2.25. The number of nitrogens with two attached hydrogens (primary N) is 1. The number of primary amides is 1. The van der Waals surface area contributed by atoms with Crippen molar-refractivity contribution in [3.8, 4) is 17.5 Å². The number of halogens is 2. The van der Waals surface area contributed by atoms with Crippen LogP contribution in [0.4, 0.5) is 8.78 Å². The van der Waals surface area contributed by atoms with Gasteiger partial charge in [-0.05, 0) is 43.2 Å². The molecule has 3 aromatic rings. The van der Waals surface area contributed by atoms with Crippen LogP contribution in [0.1, 0.15) is 39.8 Å². The fraction of sp³-hybridized carbons (Fsp3) is 0.182. The Morgan fingerprint density at radius 1 is 1.21 bits per heavy atom. The van der Waals surface area contributed by atoms with Gasteiger partial charge < -0.3 is 10.5 Å². The van der Waals surface area contributed by atoms with Crippen molar-refractivity contribution < 1.29 is 18.3 Å². The van der Waals surface area contributed by atoms with Crippen LogP contribution in [0, 0.1) is 23.5 Å². The minimum atomic E-state index is -0.942. The largest absolute Gasteiger partial charge is 0.373 e. The highest BCUT2D eigenvalue weighted by Crippen LogP contribution is 2.27. The molecule has 1 aliphatic heterocycles. The average molecular weight is 393 g/mol. The number of carbonyl (C=O) groups is 1. The number of hydrogen-bond donors (Lipinski definition) is 1. The van der Waals surface area contributed by atoms with E-state index in [9.17, 15) is 13.6 Å². The lowest BCUT2D eigenvalue weighted by Gasteiger charge is -2.20. The first-order valence-electron chi connectivity index (χ1n) is 9.02. The molecule has 29 heavy (non-hydrogen) atoms. The minimum absolute atomic E-state index is 0.0312. The topological polar surface area (TPSA) is 70.1 Å². The van der Waals surface area contributed by atoms with Gasteiger partial charge in [-0.3, -0.25) is 4.79 Å². The van der Waals surface area contributed by atoms with Crippen molar-refractivity contribution in [1.29, 1.82) is 0 Å². The Kier molecular flexibility index (Phi) is 4.87. The number of aromatic nitrogens is 2. The number of rotatable bonds is 2. The number of carbonyl (C=O) groups excluding carboxylic acids is 1. The van der Waals surface area contributed by atoms with Gasteiger partial charge in [0, 0.05) is 29.2 Å². The van der Waals surface area contributed by atoms with E-state index in [2.05, 4.69) is 16.9 Å². The van der Waals surface area contributed by atoms with Gasteiger partial charge in [-0.15, -0.1) is 0 Å². The third-order valence-electron chi connectivity index (χ3n) is 4.70. The number of benzene rings is 2. The van der Waals surface area contributed by atoms with E-state index in [4.69, 9.17) is 10.5 Å². The van der Waals surface area contributed by atoms with E-state index < -0.39 is 17.5 Å². The van der Waals surface area contributed by atoms with Crippen molar-refractivity contribution in [1.82, 2.24) is 9.78 Å². The van der Waals surface area contributed by atoms with Gasteiger partial charge in [-0.25, -0.2) is 13.5 Å². The van der Waals surface area contributed by atoms with Gasteiger partial charge in [0.2, 0.25) is 5.91 Å². The zero-order chi connectivity index (χ0) is 20.5. The highest BCUT2D eigenvalue weighted by atomic mass is 19.2. The van der Waals surface area contributed by atoms with Crippen LogP contribution in [0.15, 0.2) is 42.5 Å². The molecule has 2 N–H and O–H groups in total. The van der Waals surface area contributed by atoms with Crippen LogP contribution >= 0.6 is 0 Å². The molecule has 0 saturated carbocycles. The molecule has 1 aromatic heterocycles. The molecule has 0 aliphatic carbocycles. The van der Waals surface area contributed by atoms with Crippen molar-refractivity contribution in [2.45, 2.75) is 26.1 Å². The number of fused-ring (bicyclic) bond motifs is 1. The molecule has 1 amide bonds. The van der Waals surface area contributed by atoms with Gasteiger partial charge in [0.1, 0.15) is 5.69 Å². The first-order valence-corrected chi connectivity index (χ1v) is 9.02.